The first kappa shape index (κ1) is 19.3. The Labute approximate surface area is 177 Å². The van der Waals surface area contributed by atoms with Crippen LogP contribution in [0.5, 0.6) is 23.0 Å². The Hall–Kier alpha value is -2.66. The normalized spacial score (nSPS) is 27.4. The van der Waals surface area contributed by atoms with Gasteiger partial charge in [-0.25, -0.2) is 0 Å². The molecule has 30 heavy (non-hydrogen) atoms. The summed E-state index contributed by atoms with van der Waals surface area (Å²) in [4.78, 5) is 0. The smallest absolute Gasteiger partial charge is 0.150 e. The van der Waals surface area contributed by atoms with Crippen molar-refractivity contribution >= 4 is 6.08 Å². The molecule has 0 radical (unpaired) electrons. The average molecular weight is 408 g/mol. The van der Waals surface area contributed by atoms with Crippen LogP contribution in [-0.2, 0) is 6.42 Å². The number of fused-ring (bicyclic) bond motifs is 6. The number of methoxy groups -OCH3 is 1. The minimum atomic E-state index is -0.715. The van der Waals surface area contributed by atoms with Gasteiger partial charge in [-0.15, -0.1) is 0 Å². The summed E-state index contributed by atoms with van der Waals surface area (Å²) in [6, 6.07) is 7.88. The van der Waals surface area contributed by atoms with Crippen molar-refractivity contribution in [1.82, 2.24) is 0 Å². The third-order valence-electron chi connectivity index (χ3n) is 6.48. The van der Waals surface area contributed by atoms with Gasteiger partial charge in [0.1, 0.15) is 40.8 Å². The second-order valence-corrected chi connectivity index (χ2v) is 9.12. The van der Waals surface area contributed by atoms with E-state index in [1.807, 2.05) is 51.1 Å². The maximum Gasteiger partial charge on any atom is 0.150 e. The number of aliphatic hydroxyl groups excluding tert-OH is 1. The minimum Gasteiger partial charge on any atom is -0.496 e. The Morgan fingerprint density at radius 3 is 2.63 bits per heavy atom. The molecule has 0 saturated heterocycles. The maximum atomic E-state index is 11.5. The van der Waals surface area contributed by atoms with Gasteiger partial charge in [0.15, 0.2) is 0 Å². The zero-order valence-electron chi connectivity index (χ0n) is 18.1. The predicted octanol–water partition coefficient (Wildman–Crippen LogP) is 4.80. The minimum absolute atomic E-state index is 0.243. The summed E-state index contributed by atoms with van der Waals surface area (Å²) in [6.45, 7) is 8.49. The van der Waals surface area contributed by atoms with E-state index in [1.54, 1.807) is 7.11 Å². The number of hydrogen-bond acceptors (Lipinski definition) is 5. The number of benzene rings is 2. The van der Waals surface area contributed by atoms with Gasteiger partial charge in [0.05, 0.1) is 24.7 Å². The molecule has 0 amide bonds. The van der Waals surface area contributed by atoms with Gasteiger partial charge in [-0.05, 0) is 63.1 Å². The summed E-state index contributed by atoms with van der Waals surface area (Å²) in [6.07, 6.45) is 4.17. The van der Waals surface area contributed by atoms with E-state index in [-0.39, 0.29) is 11.5 Å². The second-order valence-electron chi connectivity index (χ2n) is 9.12. The van der Waals surface area contributed by atoms with E-state index in [9.17, 15) is 5.11 Å². The summed E-state index contributed by atoms with van der Waals surface area (Å²) in [5.41, 5.74) is 2.64. The van der Waals surface area contributed by atoms with Crippen molar-refractivity contribution in [3.8, 4) is 23.0 Å². The molecule has 0 fully saturated rings. The molecule has 3 heterocycles. The van der Waals surface area contributed by atoms with Crippen LogP contribution in [0.1, 0.15) is 62.0 Å². The number of aliphatic hydroxyl groups is 1. The Morgan fingerprint density at radius 2 is 1.90 bits per heavy atom. The van der Waals surface area contributed by atoms with E-state index in [0.29, 0.717) is 12.4 Å². The largest absolute Gasteiger partial charge is 0.496 e. The van der Waals surface area contributed by atoms with Crippen molar-refractivity contribution in [3.05, 3.63) is 52.6 Å². The first-order valence-electron chi connectivity index (χ1n) is 10.5. The van der Waals surface area contributed by atoms with E-state index in [0.717, 1.165) is 45.9 Å². The molecule has 0 aromatic heterocycles. The Balaban J connectivity index is 1.65. The molecular formula is C25H28O5. The summed E-state index contributed by atoms with van der Waals surface area (Å²) in [5.74, 6) is 2.77. The lowest BCUT2D eigenvalue weighted by Crippen LogP contribution is -2.52. The fraction of sp³-hybridized carbons (Fsp3) is 0.440. The molecule has 3 atom stereocenters. The Morgan fingerprint density at radius 1 is 1.10 bits per heavy atom. The van der Waals surface area contributed by atoms with Crippen molar-refractivity contribution < 1.29 is 24.1 Å². The van der Waals surface area contributed by atoms with Crippen molar-refractivity contribution in [3.63, 3.8) is 0 Å². The van der Waals surface area contributed by atoms with E-state index >= 15 is 0 Å². The molecule has 0 bridgehead atoms. The molecule has 2 aromatic carbocycles. The van der Waals surface area contributed by atoms with Crippen LogP contribution in [0.25, 0.3) is 6.08 Å². The van der Waals surface area contributed by atoms with Crippen molar-refractivity contribution in [2.75, 3.05) is 13.7 Å². The topological polar surface area (TPSA) is 57.2 Å². The fourth-order valence-electron chi connectivity index (χ4n) is 4.90. The summed E-state index contributed by atoms with van der Waals surface area (Å²) < 4.78 is 24.4. The van der Waals surface area contributed by atoms with Gasteiger partial charge >= 0.3 is 0 Å². The molecule has 0 saturated carbocycles. The lowest BCUT2D eigenvalue weighted by molar-refractivity contribution is -0.0661. The van der Waals surface area contributed by atoms with Crippen LogP contribution in [0.15, 0.2) is 30.3 Å². The first-order chi connectivity index (χ1) is 14.3. The average Bonchev–Trinajstić information content (AvgIpc) is 2.71. The maximum absolute atomic E-state index is 11.5. The van der Waals surface area contributed by atoms with Gasteiger partial charge in [-0.3, -0.25) is 0 Å². The molecule has 1 N–H and O–H groups in total. The third-order valence-corrected chi connectivity index (χ3v) is 6.48. The summed E-state index contributed by atoms with van der Waals surface area (Å²) >= 11 is 0. The highest BCUT2D eigenvalue weighted by Crippen LogP contribution is 2.56. The number of rotatable bonds is 2. The van der Waals surface area contributed by atoms with Crippen LogP contribution in [-0.4, -0.2) is 30.0 Å². The van der Waals surface area contributed by atoms with E-state index in [2.05, 4.69) is 13.0 Å². The summed E-state index contributed by atoms with van der Waals surface area (Å²) in [7, 11) is 1.67. The van der Waals surface area contributed by atoms with Gasteiger partial charge in [0, 0.05) is 17.2 Å². The third kappa shape index (κ3) is 2.72. The lowest BCUT2D eigenvalue weighted by atomic mass is 9.72. The quantitative estimate of drug-likeness (QED) is 0.773. The van der Waals surface area contributed by atoms with Crippen LogP contribution >= 0.6 is 0 Å². The number of hydrogen-bond donors (Lipinski definition) is 1. The van der Waals surface area contributed by atoms with Crippen LogP contribution in [0.4, 0.5) is 0 Å². The highest BCUT2D eigenvalue weighted by molar-refractivity contribution is 5.70. The zero-order chi connectivity index (χ0) is 21.3. The number of ether oxygens (including phenoxy) is 4. The summed E-state index contributed by atoms with van der Waals surface area (Å²) in [5, 5.41) is 11.5. The molecule has 3 aliphatic rings. The zero-order valence-corrected chi connectivity index (χ0v) is 18.1. The molecule has 0 aliphatic carbocycles. The molecule has 5 nitrogen and oxygen atoms in total. The van der Waals surface area contributed by atoms with Crippen LogP contribution in [0.3, 0.4) is 0 Å². The lowest BCUT2D eigenvalue weighted by Gasteiger charge is -2.48. The van der Waals surface area contributed by atoms with Gasteiger partial charge in [-0.1, -0.05) is 6.92 Å². The van der Waals surface area contributed by atoms with Gasteiger partial charge in [0.2, 0.25) is 0 Å². The fourth-order valence-corrected chi connectivity index (χ4v) is 4.90. The molecule has 0 spiro atoms. The standard InChI is InChI=1S/C25H28O5/c1-6-14-11-17-20(12-19(14)27-5)28-13-25(4)21(17)22(26)16-7-8-18-15(23(16)30-25)9-10-24(2,3)29-18/h7-12,21-22,26H,6,13H2,1-5H3/t21-,22-,25-/m1/s1. The molecule has 3 aliphatic heterocycles. The Kier molecular flexibility index (Phi) is 4.13. The highest BCUT2D eigenvalue weighted by Gasteiger charge is 2.52. The van der Waals surface area contributed by atoms with E-state index in [1.165, 1.54) is 0 Å². The van der Waals surface area contributed by atoms with Crippen molar-refractivity contribution in [1.29, 1.82) is 0 Å². The molecular weight excluding hydrogens is 380 g/mol. The monoisotopic (exact) mass is 408 g/mol. The van der Waals surface area contributed by atoms with Gasteiger partial charge in [0.25, 0.3) is 0 Å². The van der Waals surface area contributed by atoms with Crippen LogP contribution in [0, 0.1) is 0 Å². The van der Waals surface area contributed by atoms with Crippen LogP contribution in [0.2, 0.25) is 0 Å². The van der Waals surface area contributed by atoms with Gasteiger partial charge < -0.3 is 24.1 Å². The van der Waals surface area contributed by atoms with E-state index in [4.69, 9.17) is 18.9 Å². The van der Waals surface area contributed by atoms with Crippen LogP contribution < -0.4 is 18.9 Å². The highest BCUT2D eigenvalue weighted by atomic mass is 16.6. The Bertz CT molecular complexity index is 1050. The molecule has 5 rings (SSSR count). The van der Waals surface area contributed by atoms with Crippen molar-refractivity contribution in [2.45, 2.75) is 57.3 Å². The number of aryl methyl sites for hydroxylation is 1. The molecule has 5 heteroatoms. The van der Waals surface area contributed by atoms with E-state index < -0.39 is 11.7 Å². The molecule has 158 valence electrons. The molecule has 2 aromatic rings. The predicted molar refractivity (Wildman–Crippen MR) is 115 cm³/mol. The van der Waals surface area contributed by atoms with Gasteiger partial charge in [-0.2, -0.15) is 0 Å². The second kappa shape index (κ2) is 6.42. The SMILES string of the molecule is CCc1cc2c(cc1OC)OC[C@@]1(C)Oc3c(ccc4c3C=CC(C)(C)O4)[C@@H](O)[C@@H]21. The first-order valence-corrected chi connectivity index (χ1v) is 10.5. The van der Waals surface area contributed by atoms with Crippen molar-refractivity contribution in [2.24, 2.45) is 0 Å². The molecule has 0 unspecified atom stereocenters.